The summed E-state index contributed by atoms with van der Waals surface area (Å²) in [5.41, 5.74) is 0.655. The van der Waals surface area contributed by atoms with E-state index in [9.17, 15) is 17.2 Å². The van der Waals surface area contributed by atoms with Crippen molar-refractivity contribution in [3.63, 3.8) is 0 Å². The van der Waals surface area contributed by atoms with Crippen molar-refractivity contribution < 1.29 is 21.9 Å². The number of rotatable bonds is 12. The van der Waals surface area contributed by atoms with Crippen molar-refractivity contribution in [1.82, 2.24) is 30.0 Å². The summed E-state index contributed by atoms with van der Waals surface area (Å²) in [5, 5.41) is 10.9. The van der Waals surface area contributed by atoms with E-state index in [1.165, 1.54) is 36.0 Å². The Morgan fingerprint density at radius 2 is 1.80 bits per heavy atom. The van der Waals surface area contributed by atoms with Crippen molar-refractivity contribution >= 4 is 39.1 Å². The summed E-state index contributed by atoms with van der Waals surface area (Å²) in [7, 11) is 1.79. The van der Waals surface area contributed by atoms with E-state index >= 15 is 0 Å². The minimum Gasteiger partial charge on any atom is -0.490 e. The quantitative estimate of drug-likeness (QED) is 0.212. The highest BCUT2D eigenvalue weighted by Gasteiger charge is 2.26. The molecule has 1 aliphatic rings. The third-order valence-corrected chi connectivity index (χ3v) is 9.84. The second-order valence-corrected chi connectivity index (χ2v) is 14.0. The fourth-order valence-corrected chi connectivity index (χ4v) is 6.95. The lowest BCUT2D eigenvalue weighted by atomic mass is 10.2. The van der Waals surface area contributed by atoms with Gasteiger partial charge in [-0.05, 0) is 63.1 Å². The zero-order valence-corrected chi connectivity index (χ0v) is 27.2. The molecule has 5 rings (SSSR count). The number of anilines is 3. The van der Waals surface area contributed by atoms with Gasteiger partial charge in [-0.1, -0.05) is 12.1 Å². The topological polar surface area (TPSA) is 120 Å². The van der Waals surface area contributed by atoms with Gasteiger partial charge in [0, 0.05) is 61.5 Å². The molecule has 0 aliphatic carbocycles. The number of methoxy groups -OCH3 is 1. The molecule has 1 aliphatic heterocycles. The third kappa shape index (κ3) is 8.09. The molecule has 45 heavy (non-hydrogen) atoms. The molecular formula is C30H36F2N8O3S2. The summed E-state index contributed by atoms with van der Waals surface area (Å²) in [5.74, 6) is -0.743. The number of aryl methyl sites for hydroxylation is 1. The van der Waals surface area contributed by atoms with Gasteiger partial charge < -0.3 is 19.9 Å². The number of piperazine rings is 1. The molecule has 0 unspecified atom stereocenters. The van der Waals surface area contributed by atoms with Gasteiger partial charge in [0.25, 0.3) is 0 Å². The fraction of sp³-hybridized carbons (Fsp3) is 0.367. The number of aromatic amines is 1. The molecule has 1 fully saturated rings. The normalized spacial score (nSPS) is 14.2. The van der Waals surface area contributed by atoms with Crippen LogP contribution in [0, 0.1) is 18.6 Å². The van der Waals surface area contributed by atoms with Crippen LogP contribution in [0.1, 0.15) is 11.3 Å². The van der Waals surface area contributed by atoms with Gasteiger partial charge in [0.2, 0.25) is 5.75 Å². The van der Waals surface area contributed by atoms with E-state index in [2.05, 4.69) is 44.3 Å². The van der Waals surface area contributed by atoms with Gasteiger partial charge in [0.1, 0.15) is 0 Å². The number of hydrogen-bond donors (Lipinski definition) is 2. The number of halogens is 2. The number of sulfone groups is 1. The van der Waals surface area contributed by atoms with Gasteiger partial charge in [0.15, 0.2) is 44.1 Å². The number of ether oxygens (including phenoxy) is 1. The van der Waals surface area contributed by atoms with E-state index < -0.39 is 27.2 Å². The lowest BCUT2D eigenvalue weighted by Crippen LogP contribution is -2.48. The average Bonchev–Trinajstić information content (AvgIpc) is 3.42. The molecule has 240 valence electrons. The smallest absolute Gasteiger partial charge is 0.204 e. The third-order valence-electron chi connectivity index (χ3n) is 7.29. The van der Waals surface area contributed by atoms with Gasteiger partial charge in [-0.2, -0.15) is 5.10 Å². The number of hydrogen-bond acceptors (Lipinski definition) is 11. The number of H-pyrrole nitrogens is 1. The fourth-order valence-electron chi connectivity index (χ4n) is 4.85. The minimum absolute atomic E-state index is 0.00440. The van der Waals surface area contributed by atoms with Crippen LogP contribution < -0.4 is 15.0 Å². The predicted octanol–water partition coefficient (Wildman–Crippen LogP) is 4.35. The number of likely N-dealkylation sites (N-methyl/N-ethyl adjacent to an activating group) is 1. The molecule has 2 aromatic carbocycles. The van der Waals surface area contributed by atoms with Gasteiger partial charge >= 0.3 is 0 Å². The summed E-state index contributed by atoms with van der Waals surface area (Å²) in [6, 6.07) is 11.5. The van der Waals surface area contributed by atoms with Crippen LogP contribution in [0.3, 0.4) is 0 Å². The minimum atomic E-state index is -3.92. The van der Waals surface area contributed by atoms with Crippen LogP contribution in [-0.4, -0.2) is 98.9 Å². The number of aromatic nitrogens is 4. The Hall–Kier alpha value is -3.79. The maximum absolute atomic E-state index is 14.1. The first-order chi connectivity index (χ1) is 21.5. The first-order valence-electron chi connectivity index (χ1n) is 14.3. The standard InChI is InChI=1S/C30H36F2N8O3S2/c1-20-18-25(37-36-20)33-28-27(43-4)29(40-16-14-39(15-17-40)13-12-38(2)3)35-30(34-28)44-22-8-10-23(11-9-22)45(41,42)19-21-6-5-7-24(31)26(21)32/h5-11,18H,12-17,19H2,1-4H3,(H2,33,34,35,36,37). The summed E-state index contributed by atoms with van der Waals surface area (Å²) in [4.78, 5) is 17.1. The maximum atomic E-state index is 14.1. The molecule has 2 aromatic heterocycles. The highest BCUT2D eigenvalue weighted by molar-refractivity contribution is 7.99. The molecule has 15 heteroatoms. The van der Waals surface area contributed by atoms with Crippen LogP contribution in [0.4, 0.5) is 26.2 Å². The molecular weight excluding hydrogens is 623 g/mol. The summed E-state index contributed by atoms with van der Waals surface area (Å²) >= 11 is 1.26. The van der Waals surface area contributed by atoms with E-state index in [0.717, 1.165) is 51.0 Å². The van der Waals surface area contributed by atoms with Crippen LogP contribution in [0.25, 0.3) is 0 Å². The van der Waals surface area contributed by atoms with Crippen molar-refractivity contribution in [2.24, 2.45) is 0 Å². The van der Waals surface area contributed by atoms with Gasteiger partial charge in [-0.25, -0.2) is 27.2 Å². The number of nitrogens with zero attached hydrogens (tertiary/aromatic N) is 6. The highest BCUT2D eigenvalue weighted by atomic mass is 32.2. The largest absolute Gasteiger partial charge is 0.490 e. The van der Waals surface area contributed by atoms with Gasteiger partial charge in [-0.3, -0.25) is 10.00 Å². The zero-order valence-electron chi connectivity index (χ0n) is 25.5. The van der Waals surface area contributed by atoms with E-state index in [1.807, 2.05) is 13.0 Å². The van der Waals surface area contributed by atoms with Crippen LogP contribution in [0.2, 0.25) is 0 Å². The van der Waals surface area contributed by atoms with E-state index in [-0.39, 0.29) is 10.5 Å². The average molecular weight is 659 g/mol. The molecule has 4 aromatic rings. The lowest BCUT2D eigenvalue weighted by Gasteiger charge is -2.36. The monoisotopic (exact) mass is 658 g/mol. The molecule has 0 bridgehead atoms. The molecule has 0 spiro atoms. The van der Waals surface area contributed by atoms with Crippen LogP contribution in [0.15, 0.2) is 63.5 Å². The Morgan fingerprint density at radius 3 is 2.44 bits per heavy atom. The van der Waals surface area contributed by atoms with Crippen LogP contribution >= 0.6 is 11.8 Å². The van der Waals surface area contributed by atoms with Gasteiger partial charge in [-0.15, -0.1) is 0 Å². The molecule has 0 saturated carbocycles. The van der Waals surface area contributed by atoms with Crippen LogP contribution in [0.5, 0.6) is 5.75 Å². The number of benzene rings is 2. The molecule has 11 nitrogen and oxygen atoms in total. The van der Waals surface area contributed by atoms with Crippen molar-refractivity contribution in [2.75, 3.05) is 70.7 Å². The summed E-state index contributed by atoms with van der Waals surface area (Å²) < 4.78 is 59.6. The molecule has 2 N–H and O–H groups in total. The Kier molecular flexibility index (Phi) is 10.2. The Labute approximate surface area is 265 Å². The van der Waals surface area contributed by atoms with E-state index in [0.29, 0.717) is 33.3 Å². The number of nitrogens with one attached hydrogen (secondary N) is 2. The van der Waals surface area contributed by atoms with Gasteiger partial charge in [0.05, 0.1) is 17.8 Å². The predicted molar refractivity (Wildman–Crippen MR) is 170 cm³/mol. The molecule has 0 amide bonds. The molecule has 0 radical (unpaired) electrons. The summed E-state index contributed by atoms with van der Waals surface area (Å²) in [6.45, 7) is 7.12. The second kappa shape index (κ2) is 14.1. The molecule has 3 heterocycles. The maximum Gasteiger partial charge on any atom is 0.204 e. The van der Waals surface area contributed by atoms with Crippen molar-refractivity contribution in [1.29, 1.82) is 0 Å². The van der Waals surface area contributed by atoms with Crippen molar-refractivity contribution in [3.05, 3.63) is 71.4 Å². The molecule has 1 saturated heterocycles. The first kappa shape index (κ1) is 32.6. The Bertz CT molecular complexity index is 1730. The van der Waals surface area contributed by atoms with Crippen molar-refractivity contribution in [3.8, 4) is 5.75 Å². The van der Waals surface area contributed by atoms with E-state index in [4.69, 9.17) is 14.7 Å². The lowest BCUT2D eigenvalue weighted by molar-refractivity contribution is 0.228. The van der Waals surface area contributed by atoms with Crippen LogP contribution in [-0.2, 0) is 15.6 Å². The molecule has 0 atom stereocenters. The zero-order chi connectivity index (χ0) is 32.1. The summed E-state index contributed by atoms with van der Waals surface area (Å²) in [6.07, 6.45) is 0. The Morgan fingerprint density at radius 1 is 1.07 bits per heavy atom. The van der Waals surface area contributed by atoms with Crippen molar-refractivity contribution in [2.45, 2.75) is 27.6 Å². The highest BCUT2D eigenvalue weighted by Crippen LogP contribution is 2.38. The second-order valence-electron chi connectivity index (χ2n) is 11.0. The van der Waals surface area contributed by atoms with E-state index in [1.54, 1.807) is 19.2 Å². The Balaban J connectivity index is 1.39. The SMILES string of the molecule is COc1c(Nc2cc(C)[nH]n2)nc(Sc2ccc(S(=O)(=O)Cc3cccc(F)c3F)cc2)nc1N1CCN(CCN(C)C)CC1. The first-order valence-corrected chi connectivity index (χ1v) is 16.8.